The van der Waals surface area contributed by atoms with E-state index in [1.165, 1.54) is 12.1 Å². The van der Waals surface area contributed by atoms with E-state index in [9.17, 15) is 32.9 Å². The van der Waals surface area contributed by atoms with Crippen molar-refractivity contribution < 1.29 is 36.4 Å². The number of aromatic nitrogens is 2. The van der Waals surface area contributed by atoms with Gasteiger partial charge in [0.1, 0.15) is 18.8 Å². The van der Waals surface area contributed by atoms with Gasteiger partial charge in [0.15, 0.2) is 12.3 Å². The highest BCUT2D eigenvalue weighted by atomic mass is 79.9. The van der Waals surface area contributed by atoms with E-state index in [4.69, 9.17) is 18.4 Å². The quantitative estimate of drug-likeness (QED) is 0.354. The number of H-pyrrole nitrogens is 1. The summed E-state index contributed by atoms with van der Waals surface area (Å²) < 4.78 is 46.0. The fourth-order valence-electron chi connectivity index (χ4n) is 3.40. The molecular weight excluding hydrogens is 554 g/mol. The molecule has 1 fully saturated rings. The van der Waals surface area contributed by atoms with Crippen molar-refractivity contribution in [3.05, 3.63) is 67.4 Å². The Morgan fingerprint density at radius 2 is 1.94 bits per heavy atom. The maximum atomic E-state index is 12.5. The molecule has 1 aliphatic rings. The average molecular weight is 572 g/mol. The Kier molecular flexibility index (Phi) is 7.60. The highest BCUT2D eigenvalue weighted by Gasteiger charge is 2.64. The molecule has 0 amide bonds. The van der Waals surface area contributed by atoms with Gasteiger partial charge in [-0.1, -0.05) is 18.2 Å². The minimum Gasteiger partial charge on any atom is -0.459 e. The van der Waals surface area contributed by atoms with Gasteiger partial charge in [0, 0.05) is 13.1 Å². The third-order valence-corrected chi connectivity index (χ3v) is 5.94. The molecule has 13 nitrogen and oxygen atoms in total. The van der Waals surface area contributed by atoms with Gasteiger partial charge < -0.3 is 14.2 Å². The molecule has 3 rings (SSSR count). The number of nitrogens with one attached hydrogen (secondary N) is 1. The average Bonchev–Trinajstić information content (AvgIpc) is 3.06. The molecule has 0 bridgehead atoms. The van der Waals surface area contributed by atoms with Gasteiger partial charge in [-0.3, -0.25) is 19.1 Å². The van der Waals surface area contributed by atoms with Crippen LogP contribution in [0.1, 0.15) is 23.5 Å². The Labute approximate surface area is 206 Å². The SMILES string of the molecule is CC(=O)O[C@H]1[C@H](n2cc(Br)c(=O)[nH]c2=O)O[C@H](COC(=O)c2ccccc2)[C@@]1(C#N)OS(C)(=O)=O. The Bertz CT molecular complexity index is 1400. The summed E-state index contributed by atoms with van der Waals surface area (Å²) in [4.78, 5) is 50.5. The molecule has 0 unspecified atom stereocenters. The summed E-state index contributed by atoms with van der Waals surface area (Å²) in [6.45, 7) is 0.262. The Balaban J connectivity index is 2.09. The van der Waals surface area contributed by atoms with E-state index in [1.807, 2.05) is 4.98 Å². The van der Waals surface area contributed by atoms with Gasteiger partial charge in [-0.05, 0) is 28.1 Å². The molecule has 0 saturated carbocycles. The first-order valence-corrected chi connectivity index (χ1v) is 12.4. The number of hydrogen-bond acceptors (Lipinski definition) is 11. The van der Waals surface area contributed by atoms with Crippen molar-refractivity contribution in [1.29, 1.82) is 5.26 Å². The third-order valence-electron chi connectivity index (χ3n) is 4.79. The van der Waals surface area contributed by atoms with E-state index in [-0.39, 0.29) is 10.0 Å². The Hall–Kier alpha value is -3.32. The molecule has 1 aromatic carbocycles. The lowest BCUT2D eigenvalue weighted by Crippen LogP contribution is -2.53. The predicted molar refractivity (Wildman–Crippen MR) is 119 cm³/mol. The minimum absolute atomic E-state index is 0.118. The van der Waals surface area contributed by atoms with Crippen LogP contribution in [0.3, 0.4) is 0 Å². The first-order valence-electron chi connectivity index (χ1n) is 9.75. The normalized spacial score (nSPS) is 23.9. The molecule has 1 N–H and O–H groups in total. The molecule has 0 aliphatic carbocycles. The first kappa shape index (κ1) is 26.3. The van der Waals surface area contributed by atoms with Gasteiger partial charge in [-0.2, -0.15) is 13.7 Å². The van der Waals surface area contributed by atoms with Crippen LogP contribution in [-0.2, 0) is 33.3 Å². The van der Waals surface area contributed by atoms with E-state index in [0.717, 1.165) is 17.7 Å². The monoisotopic (exact) mass is 571 g/mol. The standard InChI is InChI=1S/C20H18BrN3O10S/c1-11(25)32-15-17(24-8-13(21)16(26)23-19(24)28)33-14(20(15,10-22)34-35(2,29)30)9-31-18(27)12-6-4-3-5-7-12/h3-8,14-15,17H,9H2,1-2H3,(H,23,26,28)/t14-,15+,17-,20-/m1/s1. The summed E-state index contributed by atoms with van der Waals surface area (Å²) in [6, 6.07) is 9.42. The fourth-order valence-corrected chi connectivity index (χ4v) is 4.46. The lowest BCUT2D eigenvalue weighted by molar-refractivity contribution is -0.158. The molecule has 4 atom stereocenters. The van der Waals surface area contributed by atoms with E-state index < -0.39 is 63.9 Å². The van der Waals surface area contributed by atoms with E-state index in [0.29, 0.717) is 6.26 Å². The van der Waals surface area contributed by atoms with Gasteiger partial charge >= 0.3 is 17.6 Å². The van der Waals surface area contributed by atoms with Crippen molar-refractivity contribution in [2.45, 2.75) is 31.0 Å². The highest BCUT2D eigenvalue weighted by Crippen LogP contribution is 2.42. The van der Waals surface area contributed by atoms with Gasteiger partial charge in [0.25, 0.3) is 15.7 Å². The maximum absolute atomic E-state index is 12.5. The van der Waals surface area contributed by atoms with Crippen molar-refractivity contribution in [3.8, 4) is 6.07 Å². The van der Waals surface area contributed by atoms with Crippen molar-refractivity contribution in [2.24, 2.45) is 0 Å². The van der Waals surface area contributed by atoms with Crippen LogP contribution in [-0.4, -0.2) is 60.6 Å². The van der Waals surface area contributed by atoms with Crippen LogP contribution in [0, 0.1) is 11.3 Å². The molecular formula is C20H18BrN3O10S. The zero-order chi connectivity index (χ0) is 26.0. The van der Waals surface area contributed by atoms with Crippen molar-refractivity contribution in [1.82, 2.24) is 9.55 Å². The van der Waals surface area contributed by atoms with Crippen LogP contribution >= 0.6 is 15.9 Å². The topological polar surface area (TPSA) is 184 Å². The Morgan fingerprint density at radius 3 is 2.51 bits per heavy atom. The number of rotatable bonds is 7. The van der Waals surface area contributed by atoms with Crippen LogP contribution in [0.25, 0.3) is 0 Å². The summed E-state index contributed by atoms with van der Waals surface area (Å²) in [5.74, 6) is -1.78. The van der Waals surface area contributed by atoms with Crippen molar-refractivity contribution in [3.63, 3.8) is 0 Å². The minimum atomic E-state index is -4.39. The fraction of sp³-hybridized carbons (Fsp3) is 0.350. The molecule has 15 heteroatoms. The molecule has 1 aromatic heterocycles. The number of nitriles is 1. The molecule has 0 spiro atoms. The number of halogens is 1. The van der Waals surface area contributed by atoms with Crippen molar-refractivity contribution >= 4 is 38.0 Å². The van der Waals surface area contributed by atoms with Gasteiger partial charge in [-0.25, -0.2) is 13.8 Å². The number of esters is 2. The van der Waals surface area contributed by atoms with Crippen LogP contribution in [0.15, 0.2) is 50.6 Å². The number of nitrogens with zero attached hydrogens (tertiary/aromatic N) is 2. The van der Waals surface area contributed by atoms with E-state index in [1.54, 1.807) is 24.3 Å². The molecule has 0 radical (unpaired) electrons. The number of benzene rings is 1. The predicted octanol–water partition coefficient (Wildman–Crippen LogP) is 0.224. The number of carbonyl (C=O) groups excluding carboxylic acids is 2. The number of carbonyl (C=O) groups is 2. The largest absolute Gasteiger partial charge is 0.459 e. The third kappa shape index (κ3) is 5.68. The lowest BCUT2D eigenvalue weighted by atomic mass is 9.93. The van der Waals surface area contributed by atoms with Gasteiger partial charge in [0.05, 0.1) is 16.3 Å². The summed E-state index contributed by atoms with van der Waals surface area (Å²) >= 11 is 2.96. The zero-order valence-corrected chi connectivity index (χ0v) is 20.6. The Morgan fingerprint density at radius 1 is 1.29 bits per heavy atom. The highest BCUT2D eigenvalue weighted by molar-refractivity contribution is 9.10. The van der Waals surface area contributed by atoms with Crippen LogP contribution in [0.5, 0.6) is 0 Å². The summed E-state index contributed by atoms with van der Waals surface area (Å²) in [5.41, 5.74) is -4.21. The maximum Gasteiger partial charge on any atom is 0.338 e. The number of ether oxygens (including phenoxy) is 3. The number of hydrogen-bond donors (Lipinski definition) is 1. The van der Waals surface area contributed by atoms with Crippen molar-refractivity contribution in [2.75, 3.05) is 12.9 Å². The van der Waals surface area contributed by atoms with Crippen LogP contribution in [0.2, 0.25) is 0 Å². The lowest BCUT2D eigenvalue weighted by Gasteiger charge is -2.30. The zero-order valence-electron chi connectivity index (χ0n) is 18.2. The molecule has 2 aromatic rings. The molecule has 2 heterocycles. The number of aromatic amines is 1. The second-order valence-electron chi connectivity index (χ2n) is 7.35. The molecule has 1 saturated heterocycles. The van der Waals surface area contributed by atoms with Gasteiger partial charge in [0.2, 0.25) is 5.60 Å². The smallest absolute Gasteiger partial charge is 0.338 e. The molecule has 35 heavy (non-hydrogen) atoms. The summed E-state index contributed by atoms with van der Waals surface area (Å²) in [5, 5.41) is 10.0. The van der Waals surface area contributed by atoms with Crippen LogP contribution < -0.4 is 11.2 Å². The van der Waals surface area contributed by atoms with E-state index in [2.05, 4.69) is 15.9 Å². The molecule has 186 valence electrons. The second-order valence-corrected chi connectivity index (χ2v) is 9.78. The first-order chi connectivity index (χ1) is 16.4. The van der Waals surface area contributed by atoms with Crippen LogP contribution in [0.4, 0.5) is 0 Å². The summed E-state index contributed by atoms with van der Waals surface area (Å²) in [6.07, 6.45) is -3.48. The molecule has 1 aliphatic heterocycles. The van der Waals surface area contributed by atoms with E-state index >= 15 is 0 Å². The second kappa shape index (κ2) is 10.1. The summed E-state index contributed by atoms with van der Waals surface area (Å²) in [7, 11) is -4.39. The van der Waals surface area contributed by atoms with Gasteiger partial charge in [-0.15, -0.1) is 0 Å².